The van der Waals surface area contributed by atoms with E-state index in [0.29, 0.717) is 12.1 Å². The third-order valence-electron chi connectivity index (χ3n) is 3.90. The van der Waals surface area contributed by atoms with E-state index in [4.69, 9.17) is 0 Å². The third kappa shape index (κ3) is 2.65. The number of para-hydroxylation sites is 1. The van der Waals surface area contributed by atoms with Gasteiger partial charge in [-0.3, -0.25) is 9.59 Å². The molecule has 21 heavy (non-hydrogen) atoms. The molecule has 2 aliphatic heterocycles. The normalized spacial score (nSPS) is 23.5. The van der Waals surface area contributed by atoms with Gasteiger partial charge in [0.2, 0.25) is 21.8 Å². The topological polar surface area (TPSA) is 83.6 Å². The van der Waals surface area contributed by atoms with Crippen LogP contribution in [0.5, 0.6) is 0 Å². The zero-order valence-corrected chi connectivity index (χ0v) is 12.2. The van der Waals surface area contributed by atoms with Gasteiger partial charge in [-0.15, -0.1) is 0 Å². The van der Waals surface area contributed by atoms with Crippen LogP contribution in [0.3, 0.4) is 0 Å². The molecule has 6 nitrogen and oxygen atoms in total. The standard InChI is InChI=1S/C14H16N2O4S/c17-13-8-10(11-4-1-2-5-12(11)15-13)9-14(18)16-6-3-7-21(16,19)20/h1-2,4-5,10H,3,6-9H2,(H,15,17). The Balaban J connectivity index is 1.82. The fraction of sp³-hybridized carbons (Fsp3) is 0.429. The molecule has 0 radical (unpaired) electrons. The second-order valence-corrected chi connectivity index (χ2v) is 7.39. The summed E-state index contributed by atoms with van der Waals surface area (Å²) in [6, 6.07) is 7.32. The molecule has 1 aromatic carbocycles. The van der Waals surface area contributed by atoms with Gasteiger partial charge in [0, 0.05) is 31.0 Å². The van der Waals surface area contributed by atoms with Crippen LogP contribution >= 0.6 is 0 Å². The molecular formula is C14H16N2O4S. The van der Waals surface area contributed by atoms with Gasteiger partial charge < -0.3 is 5.32 Å². The molecule has 7 heteroatoms. The highest BCUT2D eigenvalue weighted by atomic mass is 32.2. The fourth-order valence-corrected chi connectivity index (χ4v) is 4.42. The van der Waals surface area contributed by atoms with E-state index in [-0.39, 0.29) is 37.0 Å². The number of anilines is 1. The number of benzene rings is 1. The molecule has 1 N–H and O–H groups in total. The first-order chi connectivity index (χ1) is 9.97. The largest absolute Gasteiger partial charge is 0.326 e. The summed E-state index contributed by atoms with van der Waals surface area (Å²) in [7, 11) is -3.44. The number of carbonyl (C=O) groups excluding carboxylic acids is 2. The van der Waals surface area contributed by atoms with Crippen molar-refractivity contribution in [1.82, 2.24) is 4.31 Å². The van der Waals surface area contributed by atoms with Crippen molar-refractivity contribution >= 4 is 27.5 Å². The van der Waals surface area contributed by atoms with E-state index in [0.717, 1.165) is 9.87 Å². The maximum Gasteiger partial charge on any atom is 0.237 e. The van der Waals surface area contributed by atoms with Gasteiger partial charge in [0.1, 0.15) is 0 Å². The van der Waals surface area contributed by atoms with E-state index >= 15 is 0 Å². The number of hydrogen-bond acceptors (Lipinski definition) is 4. The van der Waals surface area contributed by atoms with E-state index in [1.54, 1.807) is 6.07 Å². The summed E-state index contributed by atoms with van der Waals surface area (Å²) in [5.41, 5.74) is 1.60. The Morgan fingerprint density at radius 1 is 1.33 bits per heavy atom. The van der Waals surface area contributed by atoms with Crippen LogP contribution in [0.4, 0.5) is 5.69 Å². The first-order valence-electron chi connectivity index (χ1n) is 6.89. The Hall–Kier alpha value is -1.89. The quantitative estimate of drug-likeness (QED) is 0.885. The minimum Gasteiger partial charge on any atom is -0.326 e. The summed E-state index contributed by atoms with van der Waals surface area (Å²) in [4.78, 5) is 24.0. The smallest absolute Gasteiger partial charge is 0.237 e. The van der Waals surface area contributed by atoms with Crippen molar-refractivity contribution in [2.24, 2.45) is 0 Å². The van der Waals surface area contributed by atoms with Gasteiger partial charge in [-0.2, -0.15) is 0 Å². The monoisotopic (exact) mass is 308 g/mol. The summed E-state index contributed by atoms with van der Waals surface area (Å²) < 4.78 is 24.5. The lowest BCUT2D eigenvalue weighted by molar-refractivity contribution is -0.126. The molecule has 2 aliphatic rings. The van der Waals surface area contributed by atoms with E-state index in [9.17, 15) is 18.0 Å². The summed E-state index contributed by atoms with van der Waals surface area (Å²) >= 11 is 0. The molecule has 0 saturated carbocycles. The average molecular weight is 308 g/mol. The van der Waals surface area contributed by atoms with Crippen molar-refractivity contribution in [3.05, 3.63) is 29.8 Å². The van der Waals surface area contributed by atoms with Crippen molar-refractivity contribution in [3.63, 3.8) is 0 Å². The zero-order valence-electron chi connectivity index (χ0n) is 11.4. The number of nitrogens with zero attached hydrogens (tertiary/aromatic N) is 1. The first kappa shape index (κ1) is 14.1. The highest BCUT2D eigenvalue weighted by Gasteiger charge is 2.35. The molecule has 1 unspecified atom stereocenters. The van der Waals surface area contributed by atoms with Crippen LogP contribution < -0.4 is 5.32 Å². The summed E-state index contributed by atoms with van der Waals surface area (Å²) in [6.07, 6.45) is 0.732. The molecule has 1 aromatic rings. The molecule has 2 amide bonds. The lowest BCUT2D eigenvalue weighted by Gasteiger charge is -2.26. The second kappa shape index (κ2) is 5.14. The van der Waals surface area contributed by atoms with E-state index < -0.39 is 15.9 Å². The van der Waals surface area contributed by atoms with E-state index in [2.05, 4.69) is 5.32 Å². The van der Waals surface area contributed by atoms with Crippen molar-refractivity contribution < 1.29 is 18.0 Å². The predicted molar refractivity (Wildman–Crippen MR) is 77.2 cm³/mol. The fourth-order valence-electron chi connectivity index (χ4n) is 2.92. The van der Waals surface area contributed by atoms with Crippen LogP contribution in [0.1, 0.15) is 30.7 Å². The number of fused-ring (bicyclic) bond motifs is 1. The lowest BCUT2D eigenvalue weighted by atomic mass is 9.88. The number of sulfonamides is 1. The molecule has 0 spiro atoms. The van der Waals surface area contributed by atoms with Crippen molar-refractivity contribution in [3.8, 4) is 0 Å². The summed E-state index contributed by atoms with van der Waals surface area (Å²) in [5, 5.41) is 2.77. The number of nitrogens with one attached hydrogen (secondary N) is 1. The van der Waals surface area contributed by atoms with Gasteiger partial charge in [-0.1, -0.05) is 18.2 Å². The van der Waals surface area contributed by atoms with Crippen molar-refractivity contribution in [1.29, 1.82) is 0 Å². The summed E-state index contributed by atoms with van der Waals surface area (Å²) in [6.45, 7) is 0.252. The van der Waals surface area contributed by atoms with Crippen LogP contribution in [0, 0.1) is 0 Å². The van der Waals surface area contributed by atoms with Gasteiger partial charge >= 0.3 is 0 Å². The lowest BCUT2D eigenvalue weighted by Crippen LogP contribution is -2.34. The molecule has 0 aliphatic carbocycles. The zero-order chi connectivity index (χ0) is 15.0. The highest BCUT2D eigenvalue weighted by Crippen LogP contribution is 2.35. The van der Waals surface area contributed by atoms with E-state index in [1.807, 2.05) is 18.2 Å². The predicted octanol–water partition coefficient (Wildman–Crippen LogP) is 1.06. The number of amides is 2. The molecular weight excluding hydrogens is 292 g/mol. The minimum atomic E-state index is -3.44. The Labute approximate surface area is 123 Å². The van der Waals surface area contributed by atoms with Crippen molar-refractivity contribution in [2.75, 3.05) is 17.6 Å². The van der Waals surface area contributed by atoms with Gasteiger partial charge in [0.15, 0.2) is 0 Å². The number of rotatable bonds is 2. The molecule has 1 atom stereocenters. The minimum absolute atomic E-state index is 0.0283. The van der Waals surface area contributed by atoms with Crippen molar-refractivity contribution in [2.45, 2.75) is 25.2 Å². The Kier molecular flexibility index (Phi) is 3.44. The van der Waals surface area contributed by atoms with E-state index in [1.165, 1.54) is 0 Å². The molecule has 0 bridgehead atoms. The molecule has 2 heterocycles. The molecule has 0 aromatic heterocycles. The maximum absolute atomic E-state index is 12.3. The van der Waals surface area contributed by atoms with Crippen LogP contribution in [-0.4, -0.2) is 36.8 Å². The number of hydrogen-bond donors (Lipinski definition) is 1. The van der Waals surface area contributed by atoms with Crippen LogP contribution in [0.25, 0.3) is 0 Å². The SMILES string of the molecule is O=C1CC(CC(=O)N2CCCS2(=O)=O)c2ccccc2N1. The summed E-state index contributed by atoms with van der Waals surface area (Å²) in [5.74, 6) is -0.795. The maximum atomic E-state index is 12.3. The van der Waals surface area contributed by atoms with Crippen LogP contribution in [0.15, 0.2) is 24.3 Å². The highest BCUT2D eigenvalue weighted by molar-refractivity contribution is 7.89. The second-order valence-electron chi connectivity index (χ2n) is 5.38. The van der Waals surface area contributed by atoms with Crippen LogP contribution in [-0.2, 0) is 19.6 Å². The van der Waals surface area contributed by atoms with Gasteiger partial charge in [0.25, 0.3) is 0 Å². The molecule has 1 fully saturated rings. The van der Waals surface area contributed by atoms with Gasteiger partial charge in [0.05, 0.1) is 5.75 Å². The van der Waals surface area contributed by atoms with Crippen LogP contribution in [0.2, 0.25) is 0 Å². The Morgan fingerprint density at radius 3 is 2.81 bits per heavy atom. The Bertz CT molecular complexity index is 699. The van der Waals surface area contributed by atoms with Gasteiger partial charge in [-0.25, -0.2) is 12.7 Å². The molecule has 1 saturated heterocycles. The first-order valence-corrected chi connectivity index (χ1v) is 8.50. The Morgan fingerprint density at radius 2 is 2.10 bits per heavy atom. The molecule has 112 valence electrons. The number of carbonyl (C=O) groups is 2. The van der Waals surface area contributed by atoms with Gasteiger partial charge in [-0.05, 0) is 18.1 Å². The molecule has 3 rings (SSSR count). The third-order valence-corrected chi connectivity index (χ3v) is 5.77. The average Bonchev–Trinajstić information content (AvgIpc) is 2.78.